The van der Waals surface area contributed by atoms with E-state index in [1.165, 1.54) is 6.42 Å². The van der Waals surface area contributed by atoms with Gasteiger partial charge in [-0.2, -0.15) is 5.10 Å². The Morgan fingerprint density at radius 2 is 2.41 bits per heavy atom. The molecule has 0 aromatic carbocycles. The lowest BCUT2D eigenvalue weighted by molar-refractivity contribution is 0.293. The van der Waals surface area contributed by atoms with Gasteiger partial charge in [-0.1, -0.05) is 6.92 Å². The van der Waals surface area contributed by atoms with Gasteiger partial charge in [-0.15, -0.1) is 0 Å². The Hall–Kier alpha value is -0.940. The summed E-state index contributed by atoms with van der Waals surface area (Å²) in [5.41, 5.74) is 5.95. The molecule has 1 fully saturated rings. The van der Waals surface area contributed by atoms with E-state index in [1.54, 1.807) is 6.33 Å². The zero-order valence-electron chi connectivity index (χ0n) is 10.8. The number of rotatable bonds is 5. The molecule has 1 aliphatic heterocycles. The monoisotopic (exact) mass is 237 g/mol. The molecule has 1 saturated heterocycles. The Bertz CT molecular complexity index is 346. The van der Waals surface area contributed by atoms with Gasteiger partial charge in [-0.05, 0) is 32.2 Å². The highest BCUT2D eigenvalue weighted by atomic mass is 15.3. The molecule has 1 aromatic heterocycles. The maximum atomic E-state index is 5.95. The molecule has 2 atom stereocenters. The molecule has 0 saturated carbocycles. The molecule has 0 spiro atoms. The van der Waals surface area contributed by atoms with Crippen molar-refractivity contribution in [1.29, 1.82) is 0 Å². The Morgan fingerprint density at radius 1 is 1.59 bits per heavy atom. The summed E-state index contributed by atoms with van der Waals surface area (Å²) >= 11 is 0. The number of hydrogen-bond donors (Lipinski definition) is 1. The van der Waals surface area contributed by atoms with Gasteiger partial charge in [0.1, 0.15) is 12.2 Å². The second-order valence-corrected chi connectivity index (χ2v) is 5.04. The van der Waals surface area contributed by atoms with Crippen LogP contribution in [-0.4, -0.2) is 38.8 Å². The molecular weight excluding hydrogens is 214 g/mol. The van der Waals surface area contributed by atoms with Crippen LogP contribution in [0.25, 0.3) is 0 Å². The average Bonchev–Trinajstić information content (AvgIpc) is 2.90. The second-order valence-electron chi connectivity index (χ2n) is 5.04. The van der Waals surface area contributed by atoms with Gasteiger partial charge < -0.3 is 5.73 Å². The maximum Gasteiger partial charge on any atom is 0.141 e. The van der Waals surface area contributed by atoms with Gasteiger partial charge in [0.2, 0.25) is 0 Å². The fourth-order valence-electron chi connectivity index (χ4n) is 2.44. The third-order valence-corrected chi connectivity index (χ3v) is 3.55. The number of nitrogens with zero attached hydrogens (tertiary/aromatic N) is 4. The van der Waals surface area contributed by atoms with E-state index in [1.807, 2.05) is 4.68 Å². The van der Waals surface area contributed by atoms with Gasteiger partial charge >= 0.3 is 0 Å². The van der Waals surface area contributed by atoms with E-state index in [2.05, 4.69) is 28.8 Å². The minimum Gasteiger partial charge on any atom is -0.328 e. The van der Waals surface area contributed by atoms with Crippen molar-refractivity contribution >= 4 is 0 Å². The van der Waals surface area contributed by atoms with Crippen molar-refractivity contribution in [3.8, 4) is 0 Å². The number of nitrogens with two attached hydrogens (primary N) is 1. The van der Waals surface area contributed by atoms with Crippen LogP contribution in [0.15, 0.2) is 6.33 Å². The molecule has 2 unspecified atom stereocenters. The zero-order chi connectivity index (χ0) is 12.3. The van der Waals surface area contributed by atoms with E-state index in [0.29, 0.717) is 12.0 Å². The van der Waals surface area contributed by atoms with Crippen LogP contribution >= 0.6 is 0 Å². The molecule has 96 valence electrons. The second kappa shape index (κ2) is 5.60. The van der Waals surface area contributed by atoms with Gasteiger partial charge in [0, 0.05) is 19.1 Å². The summed E-state index contributed by atoms with van der Waals surface area (Å²) in [7, 11) is 0. The molecule has 2 heterocycles. The summed E-state index contributed by atoms with van der Waals surface area (Å²) in [5, 5.41) is 4.26. The van der Waals surface area contributed by atoms with E-state index >= 15 is 0 Å². The number of aryl methyl sites for hydroxylation is 1. The Balaban J connectivity index is 1.91. The molecule has 5 heteroatoms. The predicted molar refractivity (Wildman–Crippen MR) is 67.3 cm³/mol. The molecule has 0 amide bonds. The van der Waals surface area contributed by atoms with Crippen LogP contribution in [0, 0.1) is 5.92 Å². The summed E-state index contributed by atoms with van der Waals surface area (Å²) < 4.78 is 2.01. The van der Waals surface area contributed by atoms with Gasteiger partial charge in [-0.3, -0.25) is 4.90 Å². The van der Waals surface area contributed by atoms with Crippen molar-refractivity contribution in [3.05, 3.63) is 12.2 Å². The van der Waals surface area contributed by atoms with Crippen LogP contribution in [-0.2, 0) is 13.1 Å². The van der Waals surface area contributed by atoms with E-state index in [4.69, 9.17) is 5.73 Å². The third-order valence-electron chi connectivity index (χ3n) is 3.55. The van der Waals surface area contributed by atoms with Crippen LogP contribution in [0.3, 0.4) is 0 Å². The average molecular weight is 237 g/mol. The van der Waals surface area contributed by atoms with E-state index in [-0.39, 0.29) is 0 Å². The van der Waals surface area contributed by atoms with Crippen LogP contribution < -0.4 is 5.73 Å². The molecule has 1 aliphatic rings. The standard InChI is InChI=1S/C12H23N5/c1-3-5-17-12(14-9-15-17)8-16-6-4-11(7-16)10(2)13/h9-11H,3-8,13H2,1-2H3. The van der Waals surface area contributed by atoms with E-state index in [0.717, 1.165) is 38.4 Å². The first-order valence-corrected chi connectivity index (χ1v) is 6.55. The number of likely N-dealkylation sites (tertiary alicyclic amines) is 1. The summed E-state index contributed by atoms with van der Waals surface area (Å²) in [6, 6.07) is 0.300. The Labute approximate surface area is 103 Å². The lowest BCUT2D eigenvalue weighted by Gasteiger charge is -2.17. The topological polar surface area (TPSA) is 60.0 Å². The van der Waals surface area contributed by atoms with Crippen LogP contribution in [0.1, 0.15) is 32.5 Å². The molecular formula is C12H23N5. The predicted octanol–water partition coefficient (Wildman–Crippen LogP) is 0.857. The zero-order valence-corrected chi connectivity index (χ0v) is 10.8. The molecule has 2 rings (SSSR count). The summed E-state index contributed by atoms with van der Waals surface area (Å²) in [5.74, 6) is 1.72. The van der Waals surface area contributed by atoms with Crippen LogP contribution in [0.4, 0.5) is 0 Å². The van der Waals surface area contributed by atoms with Crippen molar-refractivity contribution in [2.24, 2.45) is 11.7 Å². The molecule has 0 bridgehead atoms. The fourth-order valence-corrected chi connectivity index (χ4v) is 2.44. The molecule has 0 aliphatic carbocycles. The van der Waals surface area contributed by atoms with Gasteiger partial charge in [-0.25, -0.2) is 9.67 Å². The highest BCUT2D eigenvalue weighted by molar-refractivity contribution is 4.88. The minimum absolute atomic E-state index is 0.300. The Kier molecular flexibility index (Phi) is 4.12. The molecule has 5 nitrogen and oxygen atoms in total. The molecule has 2 N–H and O–H groups in total. The first-order chi connectivity index (χ1) is 8.20. The van der Waals surface area contributed by atoms with E-state index in [9.17, 15) is 0 Å². The van der Waals surface area contributed by atoms with Crippen LogP contribution in [0.5, 0.6) is 0 Å². The highest BCUT2D eigenvalue weighted by Crippen LogP contribution is 2.20. The summed E-state index contributed by atoms with van der Waals surface area (Å²) in [4.78, 5) is 6.78. The number of hydrogen-bond acceptors (Lipinski definition) is 4. The number of aromatic nitrogens is 3. The molecule has 17 heavy (non-hydrogen) atoms. The first-order valence-electron chi connectivity index (χ1n) is 6.55. The molecule has 1 aromatic rings. The van der Waals surface area contributed by atoms with Crippen molar-refractivity contribution in [1.82, 2.24) is 19.7 Å². The summed E-state index contributed by atoms with van der Waals surface area (Å²) in [6.07, 6.45) is 3.96. The van der Waals surface area contributed by atoms with Crippen molar-refractivity contribution in [2.75, 3.05) is 13.1 Å². The smallest absolute Gasteiger partial charge is 0.141 e. The lowest BCUT2D eigenvalue weighted by Crippen LogP contribution is -2.30. The normalized spacial score (nSPS) is 23.1. The minimum atomic E-state index is 0.300. The highest BCUT2D eigenvalue weighted by Gasteiger charge is 2.25. The lowest BCUT2D eigenvalue weighted by atomic mass is 10.0. The van der Waals surface area contributed by atoms with Gasteiger partial charge in [0.15, 0.2) is 0 Å². The fraction of sp³-hybridized carbons (Fsp3) is 0.833. The SMILES string of the molecule is CCCn1ncnc1CN1CCC(C(C)N)C1. The third kappa shape index (κ3) is 3.04. The van der Waals surface area contributed by atoms with Crippen molar-refractivity contribution < 1.29 is 0 Å². The maximum absolute atomic E-state index is 5.95. The largest absolute Gasteiger partial charge is 0.328 e. The van der Waals surface area contributed by atoms with Gasteiger partial charge in [0.05, 0.1) is 6.54 Å². The Morgan fingerprint density at radius 3 is 3.06 bits per heavy atom. The summed E-state index contributed by atoms with van der Waals surface area (Å²) in [6.45, 7) is 8.35. The van der Waals surface area contributed by atoms with Crippen LogP contribution in [0.2, 0.25) is 0 Å². The van der Waals surface area contributed by atoms with E-state index < -0.39 is 0 Å². The van der Waals surface area contributed by atoms with Crippen molar-refractivity contribution in [2.45, 2.75) is 45.8 Å². The first kappa shape index (κ1) is 12.5. The van der Waals surface area contributed by atoms with Gasteiger partial charge in [0.25, 0.3) is 0 Å². The molecule has 0 radical (unpaired) electrons. The quantitative estimate of drug-likeness (QED) is 0.825. The van der Waals surface area contributed by atoms with Crippen molar-refractivity contribution in [3.63, 3.8) is 0 Å².